The molecule has 0 amide bonds. The number of hydrogen-bond donors (Lipinski definition) is 0. The zero-order valence-corrected chi connectivity index (χ0v) is 11.1. The van der Waals surface area contributed by atoms with Crippen molar-refractivity contribution in [1.82, 2.24) is 9.80 Å². The Morgan fingerprint density at radius 3 is 2.10 bits per heavy atom. The first-order chi connectivity index (χ1) is 9.28. The third kappa shape index (κ3) is 6.87. The predicted molar refractivity (Wildman–Crippen MR) is 74.0 cm³/mol. The third-order valence-corrected chi connectivity index (χ3v) is 2.54. The SMILES string of the molecule is C=Cc1ccc(CN2C=CN(C)C2)cc1.F[B-](F)(F)F. The lowest BCUT2D eigenvalue weighted by molar-refractivity contribution is 0.291. The van der Waals surface area contributed by atoms with E-state index in [1.165, 1.54) is 11.1 Å². The number of benzene rings is 1. The van der Waals surface area contributed by atoms with Crippen LogP contribution in [0.2, 0.25) is 0 Å². The molecule has 2 rings (SSSR count). The molecule has 0 saturated carbocycles. The summed E-state index contributed by atoms with van der Waals surface area (Å²) in [5.74, 6) is 0. The van der Waals surface area contributed by atoms with E-state index in [1.807, 2.05) is 6.08 Å². The van der Waals surface area contributed by atoms with Crippen LogP contribution in [0.4, 0.5) is 17.3 Å². The highest BCUT2D eigenvalue weighted by Crippen LogP contribution is 2.12. The van der Waals surface area contributed by atoms with Gasteiger partial charge >= 0.3 is 7.25 Å². The van der Waals surface area contributed by atoms with Gasteiger partial charge in [0.1, 0.15) is 0 Å². The fourth-order valence-electron chi connectivity index (χ4n) is 1.69. The molecule has 1 aromatic carbocycles. The lowest BCUT2D eigenvalue weighted by Gasteiger charge is -2.18. The van der Waals surface area contributed by atoms with Crippen molar-refractivity contribution in [3.63, 3.8) is 0 Å². The molecule has 0 saturated heterocycles. The van der Waals surface area contributed by atoms with Crippen LogP contribution in [0.3, 0.4) is 0 Å². The molecule has 2 nitrogen and oxygen atoms in total. The molecule has 0 aromatic heterocycles. The largest absolute Gasteiger partial charge is 0.673 e. The van der Waals surface area contributed by atoms with E-state index in [9.17, 15) is 17.3 Å². The zero-order chi connectivity index (χ0) is 15.2. The molecule has 110 valence electrons. The van der Waals surface area contributed by atoms with Crippen molar-refractivity contribution in [2.75, 3.05) is 13.7 Å². The number of hydrogen-bond acceptors (Lipinski definition) is 2. The first-order valence-corrected chi connectivity index (χ1v) is 5.99. The third-order valence-electron chi connectivity index (χ3n) is 2.54. The lowest BCUT2D eigenvalue weighted by Crippen LogP contribution is -2.21. The van der Waals surface area contributed by atoms with Gasteiger partial charge in [0.15, 0.2) is 0 Å². The summed E-state index contributed by atoms with van der Waals surface area (Å²) in [6.07, 6.45) is 6.09. The molecule has 1 aliphatic rings. The first-order valence-electron chi connectivity index (χ1n) is 5.99. The predicted octanol–water partition coefficient (Wildman–Crippen LogP) is 3.81. The molecular weight excluding hydrogens is 271 g/mol. The minimum Gasteiger partial charge on any atom is -0.418 e. The Bertz CT molecular complexity index is 450. The van der Waals surface area contributed by atoms with Crippen LogP contribution in [0.25, 0.3) is 6.08 Å². The van der Waals surface area contributed by atoms with Crippen LogP contribution in [0.1, 0.15) is 11.1 Å². The average molecular weight is 287 g/mol. The van der Waals surface area contributed by atoms with Crippen LogP contribution in [-0.4, -0.2) is 30.8 Å². The highest BCUT2D eigenvalue weighted by Gasteiger charge is 2.20. The molecule has 0 spiro atoms. The second-order valence-corrected chi connectivity index (χ2v) is 4.38. The standard InChI is InChI=1S/C13H16N2.BF4/c1-3-12-4-6-13(7-5-12)10-15-9-8-14(2)11-15;2-1(3,4)5/h3-9H,1,10-11H2,2H3;/q;-1. The van der Waals surface area contributed by atoms with E-state index in [-0.39, 0.29) is 0 Å². The Morgan fingerprint density at radius 2 is 1.70 bits per heavy atom. The van der Waals surface area contributed by atoms with E-state index in [1.54, 1.807) is 0 Å². The van der Waals surface area contributed by atoms with Gasteiger partial charge in [-0.1, -0.05) is 36.9 Å². The topological polar surface area (TPSA) is 6.48 Å². The molecule has 0 bridgehead atoms. The molecule has 7 heteroatoms. The van der Waals surface area contributed by atoms with E-state index < -0.39 is 7.25 Å². The van der Waals surface area contributed by atoms with Crippen LogP contribution in [0, 0.1) is 0 Å². The van der Waals surface area contributed by atoms with Gasteiger partial charge in [-0.05, 0) is 11.1 Å². The number of rotatable bonds is 3. The van der Waals surface area contributed by atoms with E-state index in [0.717, 1.165) is 13.2 Å². The number of nitrogens with zero attached hydrogens (tertiary/aromatic N) is 2. The summed E-state index contributed by atoms with van der Waals surface area (Å²) in [4.78, 5) is 4.45. The fraction of sp³-hybridized carbons (Fsp3) is 0.231. The van der Waals surface area contributed by atoms with Gasteiger partial charge in [-0.3, -0.25) is 0 Å². The van der Waals surface area contributed by atoms with E-state index in [4.69, 9.17) is 0 Å². The summed E-state index contributed by atoms with van der Waals surface area (Å²) >= 11 is 0. The molecule has 0 N–H and O–H groups in total. The minimum absolute atomic E-state index is 0.970. The summed E-state index contributed by atoms with van der Waals surface area (Å²) < 4.78 is 39.0. The Hall–Kier alpha value is -1.92. The van der Waals surface area contributed by atoms with Gasteiger partial charge in [-0.15, -0.1) is 0 Å². The van der Waals surface area contributed by atoms with Crippen LogP contribution in [0.15, 0.2) is 43.2 Å². The van der Waals surface area contributed by atoms with Crippen molar-refractivity contribution < 1.29 is 17.3 Å². The Labute approximate surface area is 116 Å². The quantitative estimate of drug-likeness (QED) is 0.616. The molecule has 0 aliphatic carbocycles. The Balaban J connectivity index is 0.000000347. The van der Waals surface area contributed by atoms with Gasteiger partial charge in [0, 0.05) is 26.0 Å². The molecule has 0 unspecified atom stereocenters. The van der Waals surface area contributed by atoms with Crippen LogP contribution >= 0.6 is 0 Å². The fourth-order valence-corrected chi connectivity index (χ4v) is 1.69. The minimum atomic E-state index is -6.00. The van der Waals surface area contributed by atoms with E-state index in [0.29, 0.717) is 0 Å². The second kappa shape index (κ2) is 7.02. The molecule has 0 fully saturated rings. The van der Waals surface area contributed by atoms with Crippen molar-refractivity contribution in [2.45, 2.75) is 6.54 Å². The highest BCUT2D eigenvalue weighted by atomic mass is 19.5. The maximum absolute atomic E-state index is 9.75. The molecule has 1 aromatic rings. The van der Waals surface area contributed by atoms with Gasteiger partial charge in [-0.25, -0.2) is 0 Å². The lowest BCUT2D eigenvalue weighted by atomic mass is 10.1. The number of halogens is 4. The maximum atomic E-state index is 9.75. The van der Waals surface area contributed by atoms with Gasteiger partial charge in [0.05, 0.1) is 6.67 Å². The molecule has 0 atom stereocenters. The van der Waals surface area contributed by atoms with Crippen LogP contribution in [-0.2, 0) is 6.54 Å². The van der Waals surface area contributed by atoms with E-state index in [2.05, 4.69) is 60.1 Å². The molecule has 20 heavy (non-hydrogen) atoms. The normalized spacial score (nSPS) is 14.1. The van der Waals surface area contributed by atoms with Gasteiger partial charge in [-0.2, -0.15) is 0 Å². The van der Waals surface area contributed by atoms with Crippen molar-refractivity contribution in [2.24, 2.45) is 0 Å². The van der Waals surface area contributed by atoms with Gasteiger partial charge in [0.25, 0.3) is 0 Å². The van der Waals surface area contributed by atoms with Crippen LogP contribution < -0.4 is 0 Å². The van der Waals surface area contributed by atoms with Crippen LogP contribution in [0.5, 0.6) is 0 Å². The Kier molecular flexibility index (Phi) is 5.67. The summed E-state index contributed by atoms with van der Waals surface area (Å²) in [7, 11) is -3.92. The molecule has 1 heterocycles. The Morgan fingerprint density at radius 1 is 1.15 bits per heavy atom. The van der Waals surface area contributed by atoms with Gasteiger partial charge < -0.3 is 27.1 Å². The average Bonchev–Trinajstić information content (AvgIpc) is 2.74. The summed E-state index contributed by atoms with van der Waals surface area (Å²) in [5.41, 5.74) is 2.51. The second-order valence-electron chi connectivity index (χ2n) is 4.38. The van der Waals surface area contributed by atoms with Gasteiger partial charge in [0.2, 0.25) is 0 Å². The molecule has 0 radical (unpaired) electrons. The molecule has 1 aliphatic heterocycles. The maximum Gasteiger partial charge on any atom is 0.673 e. The zero-order valence-electron chi connectivity index (χ0n) is 11.1. The highest BCUT2D eigenvalue weighted by molar-refractivity contribution is 6.50. The first kappa shape index (κ1) is 16.1. The van der Waals surface area contributed by atoms with Crippen molar-refractivity contribution in [3.8, 4) is 0 Å². The molecular formula is C13H16BF4N2-. The van der Waals surface area contributed by atoms with Crippen molar-refractivity contribution in [1.29, 1.82) is 0 Å². The van der Waals surface area contributed by atoms with Crippen molar-refractivity contribution >= 4 is 13.3 Å². The van der Waals surface area contributed by atoms with E-state index >= 15 is 0 Å². The summed E-state index contributed by atoms with van der Waals surface area (Å²) in [6.45, 7) is 5.69. The monoisotopic (exact) mass is 287 g/mol. The summed E-state index contributed by atoms with van der Waals surface area (Å²) in [5, 5.41) is 0. The summed E-state index contributed by atoms with van der Waals surface area (Å²) in [6, 6.07) is 8.52. The smallest absolute Gasteiger partial charge is 0.418 e. The van der Waals surface area contributed by atoms with Crippen molar-refractivity contribution in [3.05, 3.63) is 54.4 Å².